The number of benzene rings is 1. The molecule has 1 fully saturated rings. The molecule has 2 aliphatic heterocycles. The lowest BCUT2D eigenvalue weighted by molar-refractivity contribution is -0.119. The fourth-order valence-corrected chi connectivity index (χ4v) is 4.28. The molecule has 158 valence electrons. The predicted octanol–water partition coefficient (Wildman–Crippen LogP) is 4.70. The fraction of sp³-hybridized carbons (Fsp3) is 0.417. The molecule has 4 rings (SSSR count). The number of amides is 1. The number of piperidine rings is 1. The molecule has 0 saturated carbocycles. The number of furan rings is 1. The summed E-state index contributed by atoms with van der Waals surface area (Å²) >= 11 is 0. The van der Waals surface area contributed by atoms with Crippen LogP contribution in [0.4, 0.5) is 11.4 Å². The summed E-state index contributed by atoms with van der Waals surface area (Å²) in [6.45, 7) is 7.39. The Morgan fingerprint density at radius 1 is 1.03 bits per heavy atom. The Morgan fingerprint density at radius 2 is 1.67 bits per heavy atom. The summed E-state index contributed by atoms with van der Waals surface area (Å²) in [6.07, 6.45) is 3.63. The topological polar surface area (TPSA) is 74.0 Å². The molecule has 1 atom stereocenters. The summed E-state index contributed by atoms with van der Waals surface area (Å²) in [5.41, 5.74) is 1.84. The van der Waals surface area contributed by atoms with Gasteiger partial charge in [-0.2, -0.15) is 0 Å². The molecule has 0 aliphatic carbocycles. The lowest BCUT2D eigenvalue weighted by Gasteiger charge is -2.30. The van der Waals surface area contributed by atoms with Crippen LogP contribution in [0.2, 0.25) is 0 Å². The van der Waals surface area contributed by atoms with Crippen LogP contribution < -0.4 is 9.80 Å². The van der Waals surface area contributed by atoms with Gasteiger partial charge in [0.2, 0.25) is 0 Å². The van der Waals surface area contributed by atoms with Crippen LogP contribution in [0.3, 0.4) is 0 Å². The summed E-state index contributed by atoms with van der Waals surface area (Å²) in [7, 11) is 0. The Bertz CT molecular complexity index is 981. The molecule has 0 bridgehead atoms. The third-order valence-electron chi connectivity index (χ3n) is 5.88. The van der Waals surface area contributed by atoms with Crippen LogP contribution in [0, 0.1) is 12.8 Å². The molecule has 2 aromatic rings. The van der Waals surface area contributed by atoms with Crippen molar-refractivity contribution in [3.8, 4) is 0 Å². The van der Waals surface area contributed by atoms with E-state index in [0.717, 1.165) is 18.8 Å². The predicted molar refractivity (Wildman–Crippen MR) is 116 cm³/mol. The van der Waals surface area contributed by atoms with Crippen LogP contribution >= 0.6 is 0 Å². The van der Waals surface area contributed by atoms with Crippen molar-refractivity contribution >= 4 is 23.1 Å². The number of Topliss-reactive ketones (excluding diaryl/α,β-unsaturated/α-hetero) is 1. The Hall–Kier alpha value is -3.02. The van der Waals surface area contributed by atoms with Gasteiger partial charge in [0.25, 0.3) is 5.91 Å². The third-order valence-corrected chi connectivity index (χ3v) is 5.88. The monoisotopic (exact) mass is 408 g/mol. The van der Waals surface area contributed by atoms with Crippen LogP contribution in [0.5, 0.6) is 0 Å². The Labute approximate surface area is 176 Å². The van der Waals surface area contributed by atoms with Crippen molar-refractivity contribution in [2.24, 2.45) is 5.92 Å². The largest absolute Gasteiger partial charge is 0.503 e. The van der Waals surface area contributed by atoms with Gasteiger partial charge in [0, 0.05) is 30.4 Å². The first-order valence-corrected chi connectivity index (χ1v) is 10.6. The number of ketones is 1. The van der Waals surface area contributed by atoms with Gasteiger partial charge in [-0.05, 0) is 62.6 Å². The lowest BCUT2D eigenvalue weighted by Crippen LogP contribution is -2.32. The molecule has 3 heterocycles. The SMILES string of the molecule is Cc1ccc(C2C(C(=O)C(C)C)=C(O)C(=O)N2c2ccc(N3CCCCC3)cc2)o1. The number of nitrogens with zero attached hydrogens (tertiary/aromatic N) is 2. The normalized spacial score (nSPS) is 19.9. The zero-order valence-corrected chi connectivity index (χ0v) is 17.7. The first-order chi connectivity index (χ1) is 14.4. The van der Waals surface area contributed by atoms with Crippen LogP contribution in [-0.4, -0.2) is 29.9 Å². The van der Waals surface area contributed by atoms with Crippen molar-refractivity contribution in [3.05, 3.63) is 59.3 Å². The standard InChI is InChI=1S/C24H28N2O4/c1-15(2)22(27)20-21(19-12-7-16(3)30-19)26(24(29)23(20)28)18-10-8-17(9-11-18)25-13-5-4-6-14-25/h7-12,15,21,28H,4-6,13-14H2,1-3H3. The first-order valence-electron chi connectivity index (χ1n) is 10.6. The van der Waals surface area contributed by atoms with Crippen molar-refractivity contribution in [3.63, 3.8) is 0 Å². The van der Waals surface area contributed by atoms with E-state index >= 15 is 0 Å². The lowest BCUT2D eigenvalue weighted by atomic mass is 9.94. The van der Waals surface area contributed by atoms with E-state index < -0.39 is 17.7 Å². The zero-order chi connectivity index (χ0) is 21.4. The highest BCUT2D eigenvalue weighted by Gasteiger charge is 2.46. The van der Waals surface area contributed by atoms with Crippen LogP contribution in [0.1, 0.15) is 50.7 Å². The number of rotatable bonds is 5. The van der Waals surface area contributed by atoms with Gasteiger partial charge in [-0.25, -0.2) is 0 Å². The second kappa shape index (κ2) is 8.01. The first kappa shape index (κ1) is 20.3. The van der Waals surface area contributed by atoms with Crippen LogP contribution in [0.15, 0.2) is 52.1 Å². The molecular formula is C24H28N2O4. The third kappa shape index (κ3) is 3.51. The van der Waals surface area contributed by atoms with E-state index in [1.807, 2.05) is 31.2 Å². The van der Waals surface area contributed by atoms with Gasteiger partial charge >= 0.3 is 0 Å². The second-order valence-corrected chi connectivity index (χ2v) is 8.37. The van der Waals surface area contributed by atoms with E-state index in [2.05, 4.69) is 4.90 Å². The van der Waals surface area contributed by atoms with Gasteiger partial charge in [0.1, 0.15) is 17.6 Å². The number of aryl methyl sites for hydroxylation is 1. The van der Waals surface area contributed by atoms with E-state index in [0.29, 0.717) is 17.2 Å². The number of carbonyl (C=O) groups excluding carboxylic acids is 2. The Morgan fingerprint density at radius 3 is 2.23 bits per heavy atom. The number of aliphatic hydroxyl groups is 1. The van der Waals surface area contributed by atoms with E-state index in [-0.39, 0.29) is 17.3 Å². The van der Waals surface area contributed by atoms with E-state index in [4.69, 9.17) is 4.42 Å². The van der Waals surface area contributed by atoms with Gasteiger partial charge in [-0.1, -0.05) is 13.8 Å². The van der Waals surface area contributed by atoms with Gasteiger partial charge in [0.15, 0.2) is 11.5 Å². The molecule has 1 N–H and O–H groups in total. The maximum atomic E-state index is 13.0. The number of aliphatic hydroxyl groups excluding tert-OH is 1. The fourth-order valence-electron chi connectivity index (χ4n) is 4.28. The highest BCUT2D eigenvalue weighted by Crippen LogP contribution is 2.42. The number of anilines is 2. The summed E-state index contributed by atoms with van der Waals surface area (Å²) < 4.78 is 5.80. The van der Waals surface area contributed by atoms with Gasteiger partial charge in [0.05, 0.1) is 5.57 Å². The highest BCUT2D eigenvalue weighted by molar-refractivity contribution is 6.16. The van der Waals surface area contributed by atoms with Gasteiger partial charge < -0.3 is 14.4 Å². The second-order valence-electron chi connectivity index (χ2n) is 8.37. The summed E-state index contributed by atoms with van der Waals surface area (Å²) in [4.78, 5) is 29.7. The quantitative estimate of drug-likeness (QED) is 0.776. The van der Waals surface area contributed by atoms with Crippen molar-refractivity contribution < 1.29 is 19.1 Å². The van der Waals surface area contributed by atoms with Crippen molar-refractivity contribution in [2.75, 3.05) is 22.9 Å². The summed E-state index contributed by atoms with van der Waals surface area (Å²) in [6, 6.07) is 10.5. The number of hydrogen-bond acceptors (Lipinski definition) is 5. The van der Waals surface area contributed by atoms with E-state index in [1.54, 1.807) is 26.0 Å². The van der Waals surface area contributed by atoms with Crippen LogP contribution in [0.25, 0.3) is 0 Å². The molecule has 0 radical (unpaired) electrons. The molecule has 1 aromatic carbocycles. The number of hydrogen-bond donors (Lipinski definition) is 1. The molecule has 6 nitrogen and oxygen atoms in total. The van der Waals surface area contributed by atoms with Crippen molar-refractivity contribution in [2.45, 2.75) is 46.1 Å². The van der Waals surface area contributed by atoms with E-state index in [9.17, 15) is 14.7 Å². The molecule has 30 heavy (non-hydrogen) atoms. The highest BCUT2D eigenvalue weighted by atomic mass is 16.3. The molecule has 2 aliphatic rings. The minimum absolute atomic E-state index is 0.101. The maximum absolute atomic E-state index is 13.0. The number of carbonyl (C=O) groups is 2. The van der Waals surface area contributed by atoms with Gasteiger partial charge in [-0.15, -0.1) is 0 Å². The van der Waals surface area contributed by atoms with Crippen molar-refractivity contribution in [1.29, 1.82) is 0 Å². The molecule has 6 heteroatoms. The molecule has 1 amide bonds. The Balaban J connectivity index is 1.72. The maximum Gasteiger partial charge on any atom is 0.294 e. The summed E-state index contributed by atoms with van der Waals surface area (Å²) in [5.74, 6) is -0.534. The molecule has 1 aromatic heterocycles. The minimum atomic E-state index is -0.776. The Kier molecular flexibility index (Phi) is 5.41. The minimum Gasteiger partial charge on any atom is -0.503 e. The average molecular weight is 408 g/mol. The molecular weight excluding hydrogens is 380 g/mol. The summed E-state index contributed by atoms with van der Waals surface area (Å²) in [5, 5.41) is 10.6. The van der Waals surface area contributed by atoms with Crippen molar-refractivity contribution in [1.82, 2.24) is 0 Å². The zero-order valence-electron chi connectivity index (χ0n) is 17.7. The van der Waals surface area contributed by atoms with Gasteiger partial charge in [-0.3, -0.25) is 14.5 Å². The molecule has 1 unspecified atom stereocenters. The molecule has 0 spiro atoms. The van der Waals surface area contributed by atoms with Crippen LogP contribution in [-0.2, 0) is 9.59 Å². The average Bonchev–Trinajstić information content (AvgIpc) is 3.29. The smallest absolute Gasteiger partial charge is 0.294 e. The van der Waals surface area contributed by atoms with E-state index in [1.165, 1.54) is 24.2 Å². The molecule has 1 saturated heterocycles.